The first-order chi connectivity index (χ1) is 11.5. The van der Waals surface area contributed by atoms with Crippen LogP contribution in [0.3, 0.4) is 0 Å². The van der Waals surface area contributed by atoms with Crippen molar-refractivity contribution in [2.45, 2.75) is 53.1 Å². The number of anilines is 1. The molecule has 3 nitrogen and oxygen atoms in total. The number of rotatable bonds is 7. The third-order valence-electron chi connectivity index (χ3n) is 3.92. The van der Waals surface area contributed by atoms with Crippen molar-refractivity contribution >= 4 is 11.6 Å². The minimum atomic E-state index is -0.550. The Balaban J connectivity index is 1.93. The molecule has 0 heterocycles. The van der Waals surface area contributed by atoms with Crippen LogP contribution in [0.1, 0.15) is 43.4 Å². The lowest BCUT2D eigenvalue weighted by Crippen LogP contribution is -2.30. The third-order valence-corrected chi connectivity index (χ3v) is 3.92. The van der Waals surface area contributed by atoms with Crippen LogP contribution in [0.25, 0.3) is 0 Å². The number of carbonyl (C=O) groups is 1. The van der Waals surface area contributed by atoms with E-state index in [0.717, 1.165) is 29.0 Å². The highest BCUT2D eigenvalue weighted by Crippen LogP contribution is 2.18. The standard InChI is InChI=1S/C21H27NO2/c1-5-6-7-18-8-10-19(11-9-18)22-21(23)17(4)24-20-13-15(2)12-16(3)14-20/h8-14,17H,5-7H2,1-4H3,(H,22,23). The Kier molecular flexibility index (Phi) is 6.42. The molecule has 128 valence electrons. The zero-order chi connectivity index (χ0) is 17.5. The quantitative estimate of drug-likeness (QED) is 0.773. The van der Waals surface area contributed by atoms with Crippen molar-refractivity contribution in [1.29, 1.82) is 0 Å². The van der Waals surface area contributed by atoms with E-state index in [4.69, 9.17) is 4.74 Å². The smallest absolute Gasteiger partial charge is 0.265 e. The van der Waals surface area contributed by atoms with E-state index in [1.807, 2.05) is 38.1 Å². The first-order valence-corrected chi connectivity index (χ1v) is 8.62. The summed E-state index contributed by atoms with van der Waals surface area (Å²) in [5.74, 6) is 0.584. The van der Waals surface area contributed by atoms with Crippen LogP contribution in [0.4, 0.5) is 5.69 Å². The number of amides is 1. The van der Waals surface area contributed by atoms with Crippen molar-refractivity contribution in [2.24, 2.45) is 0 Å². The molecule has 2 aromatic rings. The Morgan fingerprint density at radius 2 is 1.71 bits per heavy atom. The normalized spacial score (nSPS) is 11.8. The van der Waals surface area contributed by atoms with Gasteiger partial charge in [-0.2, -0.15) is 0 Å². The maximum atomic E-state index is 12.3. The van der Waals surface area contributed by atoms with Crippen molar-refractivity contribution in [3.05, 3.63) is 59.2 Å². The van der Waals surface area contributed by atoms with Gasteiger partial charge in [-0.05, 0) is 74.6 Å². The molecule has 3 heteroatoms. The third kappa shape index (κ3) is 5.41. The first kappa shape index (κ1) is 18.1. The molecule has 1 unspecified atom stereocenters. The van der Waals surface area contributed by atoms with Crippen LogP contribution in [0.5, 0.6) is 5.75 Å². The molecule has 0 radical (unpaired) electrons. The van der Waals surface area contributed by atoms with Crippen molar-refractivity contribution in [3.8, 4) is 5.75 Å². The number of nitrogens with one attached hydrogen (secondary N) is 1. The Hall–Kier alpha value is -2.29. The molecule has 1 N–H and O–H groups in total. The number of hydrogen-bond donors (Lipinski definition) is 1. The summed E-state index contributed by atoms with van der Waals surface area (Å²) in [5, 5.41) is 2.91. The van der Waals surface area contributed by atoms with E-state index in [-0.39, 0.29) is 5.91 Å². The summed E-state index contributed by atoms with van der Waals surface area (Å²) in [6, 6.07) is 14.0. The molecule has 0 saturated heterocycles. The number of ether oxygens (including phenoxy) is 1. The maximum absolute atomic E-state index is 12.3. The topological polar surface area (TPSA) is 38.3 Å². The van der Waals surface area contributed by atoms with Crippen LogP contribution in [0.2, 0.25) is 0 Å². The predicted octanol–water partition coefficient (Wildman–Crippen LogP) is 5.05. The molecule has 0 aliphatic rings. The minimum absolute atomic E-state index is 0.143. The van der Waals surface area contributed by atoms with Gasteiger partial charge in [0.05, 0.1) is 0 Å². The van der Waals surface area contributed by atoms with Gasteiger partial charge in [0, 0.05) is 5.69 Å². The van der Waals surface area contributed by atoms with Gasteiger partial charge >= 0.3 is 0 Å². The zero-order valence-electron chi connectivity index (χ0n) is 15.1. The van der Waals surface area contributed by atoms with Gasteiger partial charge in [0.2, 0.25) is 0 Å². The Morgan fingerprint density at radius 3 is 2.29 bits per heavy atom. The summed E-state index contributed by atoms with van der Waals surface area (Å²) in [4.78, 5) is 12.3. The van der Waals surface area contributed by atoms with Gasteiger partial charge in [-0.15, -0.1) is 0 Å². The number of benzene rings is 2. The van der Waals surface area contributed by atoms with Crippen molar-refractivity contribution in [1.82, 2.24) is 0 Å². The fourth-order valence-electron chi connectivity index (χ4n) is 2.64. The summed E-state index contributed by atoms with van der Waals surface area (Å²) >= 11 is 0. The Morgan fingerprint density at radius 1 is 1.08 bits per heavy atom. The molecule has 0 aromatic heterocycles. The van der Waals surface area contributed by atoms with E-state index in [0.29, 0.717) is 0 Å². The number of hydrogen-bond acceptors (Lipinski definition) is 2. The number of aryl methyl sites for hydroxylation is 3. The van der Waals surface area contributed by atoms with Gasteiger partial charge in [-0.1, -0.05) is 31.5 Å². The molecule has 0 spiro atoms. The zero-order valence-corrected chi connectivity index (χ0v) is 15.1. The fraction of sp³-hybridized carbons (Fsp3) is 0.381. The molecular weight excluding hydrogens is 298 g/mol. The molecule has 1 atom stereocenters. The summed E-state index contributed by atoms with van der Waals surface area (Å²) in [7, 11) is 0. The highest BCUT2D eigenvalue weighted by molar-refractivity contribution is 5.94. The fourth-order valence-corrected chi connectivity index (χ4v) is 2.64. The summed E-state index contributed by atoms with van der Waals surface area (Å²) in [5.41, 5.74) is 4.35. The van der Waals surface area contributed by atoms with Crippen molar-refractivity contribution < 1.29 is 9.53 Å². The van der Waals surface area contributed by atoms with Crippen LogP contribution < -0.4 is 10.1 Å². The van der Waals surface area contributed by atoms with E-state index in [1.165, 1.54) is 18.4 Å². The second kappa shape index (κ2) is 8.53. The highest BCUT2D eigenvalue weighted by atomic mass is 16.5. The Labute approximate surface area is 145 Å². The van der Waals surface area contributed by atoms with Crippen molar-refractivity contribution in [3.63, 3.8) is 0 Å². The largest absolute Gasteiger partial charge is 0.481 e. The predicted molar refractivity (Wildman–Crippen MR) is 99.7 cm³/mol. The number of carbonyl (C=O) groups excluding carboxylic acids is 1. The SMILES string of the molecule is CCCCc1ccc(NC(=O)C(C)Oc2cc(C)cc(C)c2)cc1. The van der Waals surface area contributed by atoms with Crippen LogP contribution in [0.15, 0.2) is 42.5 Å². The van der Waals surface area contributed by atoms with Crippen LogP contribution >= 0.6 is 0 Å². The molecule has 0 saturated carbocycles. The Bertz CT molecular complexity index is 656. The van der Waals surface area contributed by atoms with Crippen LogP contribution in [-0.2, 0) is 11.2 Å². The molecule has 2 rings (SSSR count). The van der Waals surface area contributed by atoms with Gasteiger partial charge in [-0.3, -0.25) is 4.79 Å². The van der Waals surface area contributed by atoms with Crippen LogP contribution in [-0.4, -0.2) is 12.0 Å². The summed E-state index contributed by atoms with van der Waals surface area (Å²) in [6.07, 6.45) is 2.90. The maximum Gasteiger partial charge on any atom is 0.265 e. The van der Waals surface area contributed by atoms with E-state index < -0.39 is 6.10 Å². The second-order valence-electron chi connectivity index (χ2n) is 6.37. The van der Waals surface area contributed by atoms with Gasteiger partial charge in [0.15, 0.2) is 6.10 Å². The molecular formula is C21H27NO2. The summed E-state index contributed by atoms with van der Waals surface area (Å²) < 4.78 is 5.77. The monoisotopic (exact) mass is 325 g/mol. The molecule has 2 aromatic carbocycles. The van der Waals surface area contributed by atoms with Gasteiger partial charge in [-0.25, -0.2) is 0 Å². The van der Waals surface area contributed by atoms with Gasteiger partial charge in [0.25, 0.3) is 5.91 Å². The van der Waals surface area contributed by atoms with E-state index in [2.05, 4.69) is 30.4 Å². The average Bonchev–Trinajstić information content (AvgIpc) is 2.53. The first-order valence-electron chi connectivity index (χ1n) is 8.62. The molecule has 0 aliphatic carbocycles. The molecule has 0 fully saturated rings. The lowest BCUT2D eigenvalue weighted by atomic mass is 10.1. The highest BCUT2D eigenvalue weighted by Gasteiger charge is 2.15. The van der Waals surface area contributed by atoms with Crippen molar-refractivity contribution in [2.75, 3.05) is 5.32 Å². The second-order valence-corrected chi connectivity index (χ2v) is 6.37. The molecule has 1 amide bonds. The van der Waals surface area contributed by atoms with E-state index >= 15 is 0 Å². The average molecular weight is 325 g/mol. The number of unbranched alkanes of at least 4 members (excludes halogenated alkanes) is 1. The minimum Gasteiger partial charge on any atom is -0.481 e. The van der Waals surface area contributed by atoms with E-state index in [1.54, 1.807) is 6.92 Å². The van der Waals surface area contributed by atoms with E-state index in [9.17, 15) is 4.79 Å². The lowest BCUT2D eigenvalue weighted by Gasteiger charge is -2.16. The van der Waals surface area contributed by atoms with Gasteiger partial charge < -0.3 is 10.1 Å². The lowest BCUT2D eigenvalue weighted by molar-refractivity contribution is -0.122. The molecule has 24 heavy (non-hydrogen) atoms. The summed E-state index contributed by atoms with van der Waals surface area (Å²) in [6.45, 7) is 7.99. The molecule has 0 bridgehead atoms. The molecule has 0 aliphatic heterocycles. The van der Waals surface area contributed by atoms with Gasteiger partial charge in [0.1, 0.15) is 5.75 Å². The van der Waals surface area contributed by atoms with Crippen LogP contribution in [0, 0.1) is 13.8 Å².